The second kappa shape index (κ2) is 7.80. The number of ether oxygens (including phenoxy) is 1. The van der Waals surface area contributed by atoms with Crippen LogP contribution in [-0.2, 0) is 16.1 Å². The van der Waals surface area contributed by atoms with Gasteiger partial charge in [-0.05, 0) is 43.7 Å². The van der Waals surface area contributed by atoms with Gasteiger partial charge in [-0.15, -0.1) is 0 Å². The number of aromatic nitrogens is 2. The van der Waals surface area contributed by atoms with Crippen molar-refractivity contribution in [2.45, 2.75) is 25.4 Å². The van der Waals surface area contributed by atoms with Crippen LogP contribution in [0.4, 0.5) is 11.4 Å². The Bertz CT molecular complexity index is 735. The Kier molecular flexibility index (Phi) is 5.30. The van der Waals surface area contributed by atoms with Gasteiger partial charge in [0, 0.05) is 11.9 Å². The number of carbonyl (C=O) groups excluding carboxylic acids is 2. The third-order valence-electron chi connectivity index (χ3n) is 3.96. The number of hydrogen-bond donors (Lipinski definition) is 3. The molecule has 132 valence electrons. The normalized spacial score (nSPS) is 16.4. The quantitative estimate of drug-likeness (QED) is 0.733. The zero-order valence-electron chi connectivity index (χ0n) is 14.0. The van der Waals surface area contributed by atoms with Crippen LogP contribution in [0.25, 0.3) is 0 Å². The Hall–Kier alpha value is -2.87. The Labute approximate surface area is 145 Å². The topological polar surface area (TPSA) is 97.3 Å². The van der Waals surface area contributed by atoms with Crippen molar-refractivity contribution in [2.24, 2.45) is 0 Å². The molecule has 0 spiro atoms. The summed E-state index contributed by atoms with van der Waals surface area (Å²) in [6, 6.07) is 6.92. The average molecular weight is 343 g/mol. The number of amides is 2. The van der Waals surface area contributed by atoms with Gasteiger partial charge in [0.2, 0.25) is 11.8 Å². The van der Waals surface area contributed by atoms with Gasteiger partial charge < -0.3 is 20.7 Å². The van der Waals surface area contributed by atoms with E-state index in [0.717, 1.165) is 25.1 Å². The van der Waals surface area contributed by atoms with E-state index in [0.29, 0.717) is 11.4 Å². The summed E-state index contributed by atoms with van der Waals surface area (Å²) in [5, 5.41) is 12.8. The highest BCUT2D eigenvalue weighted by atomic mass is 16.5. The fourth-order valence-electron chi connectivity index (χ4n) is 2.67. The number of anilines is 2. The molecule has 0 radical (unpaired) electrons. The molecule has 1 aliphatic rings. The lowest BCUT2D eigenvalue weighted by atomic mass is 10.2. The highest BCUT2D eigenvalue weighted by Crippen LogP contribution is 2.15. The molecule has 0 saturated carbocycles. The first-order valence-electron chi connectivity index (χ1n) is 8.14. The van der Waals surface area contributed by atoms with Crippen molar-refractivity contribution in [2.75, 3.05) is 24.3 Å². The van der Waals surface area contributed by atoms with E-state index in [1.807, 2.05) is 0 Å². The summed E-state index contributed by atoms with van der Waals surface area (Å²) in [5.74, 6) is 0.450. The molecule has 2 amide bonds. The van der Waals surface area contributed by atoms with Crippen LogP contribution in [0.5, 0.6) is 5.75 Å². The lowest BCUT2D eigenvalue weighted by Crippen LogP contribution is -2.35. The third-order valence-corrected chi connectivity index (χ3v) is 3.96. The van der Waals surface area contributed by atoms with Crippen LogP contribution in [0.3, 0.4) is 0 Å². The molecule has 3 N–H and O–H groups in total. The number of hydrogen-bond acceptors (Lipinski definition) is 5. The first-order chi connectivity index (χ1) is 12.1. The Balaban J connectivity index is 1.51. The Morgan fingerprint density at radius 1 is 1.28 bits per heavy atom. The van der Waals surface area contributed by atoms with Crippen LogP contribution >= 0.6 is 0 Å². The van der Waals surface area contributed by atoms with Gasteiger partial charge in [0.05, 0.1) is 25.0 Å². The molecule has 2 heterocycles. The number of rotatable bonds is 6. The lowest BCUT2D eigenvalue weighted by Gasteiger charge is -2.09. The summed E-state index contributed by atoms with van der Waals surface area (Å²) < 4.78 is 6.56. The zero-order valence-corrected chi connectivity index (χ0v) is 14.0. The second-order valence-corrected chi connectivity index (χ2v) is 5.84. The first-order valence-corrected chi connectivity index (χ1v) is 8.14. The molecule has 1 aromatic carbocycles. The zero-order chi connectivity index (χ0) is 17.6. The minimum atomic E-state index is -0.205. The van der Waals surface area contributed by atoms with Crippen LogP contribution < -0.4 is 20.7 Å². The fraction of sp³-hybridized carbons (Fsp3) is 0.353. The van der Waals surface area contributed by atoms with Gasteiger partial charge in [0.25, 0.3) is 0 Å². The van der Waals surface area contributed by atoms with E-state index in [1.54, 1.807) is 37.6 Å². The van der Waals surface area contributed by atoms with Crippen LogP contribution in [-0.4, -0.2) is 41.3 Å². The minimum absolute atomic E-state index is 0.0591. The van der Waals surface area contributed by atoms with Gasteiger partial charge >= 0.3 is 0 Å². The molecule has 2 aromatic rings. The molecular weight excluding hydrogens is 322 g/mol. The van der Waals surface area contributed by atoms with Gasteiger partial charge in [-0.25, -0.2) is 0 Å². The summed E-state index contributed by atoms with van der Waals surface area (Å²) in [5.41, 5.74) is 1.26. The number of nitrogens with one attached hydrogen (secondary N) is 3. The molecule has 1 unspecified atom stereocenters. The highest BCUT2D eigenvalue weighted by Gasteiger charge is 2.22. The van der Waals surface area contributed by atoms with Crippen LogP contribution in [0.1, 0.15) is 12.8 Å². The van der Waals surface area contributed by atoms with Crippen molar-refractivity contribution in [1.82, 2.24) is 15.1 Å². The maximum atomic E-state index is 12.1. The van der Waals surface area contributed by atoms with E-state index in [2.05, 4.69) is 21.0 Å². The molecule has 0 aliphatic carbocycles. The van der Waals surface area contributed by atoms with E-state index < -0.39 is 0 Å². The summed E-state index contributed by atoms with van der Waals surface area (Å²) in [6.07, 6.45) is 5.01. The van der Waals surface area contributed by atoms with E-state index in [9.17, 15) is 9.59 Å². The van der Waals surface area contributed by atoms with Crippen molar-refractivity contribution in [3.63, 3.8) is 0 Å². The predicted octanol–water partition coefficient (Wildman–Crippen LogP) is 1.22. The van der Waals surface area contributed by atoms with E-state index in [1.165, 1.54) is 10.9 Å². The highest BCUT2D eigenvalue weighted by molar-refractivity contribution is 5.95. The molecule has 0 bridgehead atoms. The molecule has 3 rings (SSSR count). The van der Waals surface area contributed by atoms with Crippen molar-refractivity contribution in [1.29, 1.82) is 0 Å². The van der Waals surface area contributed by atoms with Crippen LogP contribution in [0.2, 0.25) is 0 Å². The van der Waals surface area contributed by atoms with E-state index >= 15 is 0 Å². The third kappa shape index (κ3) is 4.57. The van der Waals surface area contributed by atoms with Crippen LogP contribution in [0, 0.1) is 0 Å². The Morgan fingerprint density at radius 2 is 2.08 bits per heavy atom. The Morgan fingerprint density at radius 3 is 2.76 bits per heavy atom. The monoisotopic (exact) mass is 343 g/mol. The lowest BCUT2D eigenvalue weighted by molar-refractivity contribution is -0.118. The molecule has 1 aliphatic heterocycles. The molecule has 1 aromatic heterocycles. The molecule has 8 heteroatoms. The standard InChI is InChI=1S/C17H21N5O3/c1-25-14-6-4-12(5-7-14)20-16(23)11-22-10-13(9-19-22)21-17(24)15-3-2-8-18-15/h4-7,9-10,15,18H,2-3,8,11H2,1H3,(H,20,23)(H,21,24). The fourth-order valence-corrected chi connectivity index (χ4v) is 2.67. The van der Waals surface area contributed by atoms with E-state index in [-0.39, 0.29) is 24.4 Å². The van der Waals surface area contributed by atoms with Gasteiger partial charge in [0.1, 0.15) is 12.3 Å². The van der Waals surface area contributed by atoms with Crippen molar-refractivity contribution in [3.8, 4) is 5.75 Å². The van der Waals surface area contributed by atoms with E-state index in [4.69, 9.17) is 4.74 Å². The number of nitrogens with zero attached hydrogens (tertiary/aromatic N) is 2. The van der Waals surface area contributed by atoms with Crippen LogP contribution in [0.15, 0.2) is 36.7 Å². The van der Waals surface area contributed by atoms with Gasteiger partial charge in [-0.3, -0.25) is 14.3 Å². The summed E-state index contributed by atoms with van der Waals surface area (Å²) in [4.78, 5) is 24.1. The maximum absolute atomic E-state index is 12.1. The van der Waals surface area contributed by atoms with Gasteiger partial charge in [-0.2, -0.15) is 5.10 Å². The smallest absolute Gasteiger partial charge is 0.246 e. The summed E-state index contributed by atoms with van der Waals surface area (Å²) in [6.45, 7) is 0.923. The summed E-state index contributed by atoms with van der Waals surface area (Å²) >= 11 is 0. The average Bonchev–Trinajstić information content (AvgIpc) is 3.27. The van der Waals surface area contributed by atoms with Gasteiger partial charge in [-0.1, -0.05) is 0 Å². The molecule has 25 heavy (non-hydrogen) atoms. The molecule has 8 nitrogen and oxygen atoms in total. The number of carbonyl (C=O) groups is 2. The second-order valence-electron chi connectivity index (χ2n) is 5.84. The maximum Gasteiger partial charge on any atom is 0.246 e. The van der Waals surface area contributed by atoms with Crippen molar-refractivity contribution < 1.29 is 14.3 Å². The van der Waals surface area contributed by atoms with Crippen molar-refractivity contribution in [3.05, 3.63) is 36.7 Å². The van der Waals surface area contributed by atoms with Crippen molar-refractivity contribution >= 4 is 23.2 Å². The first kappa shape index (κ1) is 17.0. The molecule has 1 fully saturated rings. The SMILES string of the molecule is COc1ccc(NC(=O)Cn2cc(NC(=O)C3CCCN3)cn2)cc1. The largest absolute Gasteiger partial charge is 0.497 e. The van der Waals surface area contributed by atoms with Gasteiger partial charge in [0.15, 0.2) is 0 Å². The molecular formula is C17H21N5O3. The molecule has 1 saturated heterocycles. The molecule has 1 atom stereocenters. The minimum Gasteiger partial charge on any atom is -0.497 e. The number of methoxy groups -OCH3 is 1. The predicted molar refractivity (Wildman–Crippen MR) is 93.5 cm³/mol. The number of benzene rings is 1. The summed E-state index contributed by atoms with van der Waals surface area (Å²) in [7, 11) is 1.59.